The highest BCUT2D eigenvalue weighted by atomic mass is 32.2. The van der Waals surface area contributed by atoms with Gasteiger partial charge in [-0.3, -0.25) is 19.2 Å². The number of aliphatic imine (C=N–C) groups is 1. The van der Waals surface area contributed by atoms with E-state index in [0.29, 0.717) is 37.0 Å². The van der Waals surface area contributed by atoms with Crippen LogP contribution in [0.15, 0.2) is 16.9 Å². The van der Waals surface area contributed by atoms with Crippen molar-refractivity contribution in [2.24, 2.45) is 12.0 Å². The second-order valence-electron chi connectivity index (χ2n) is 5.66. The number of thioether (sulfide) groups is 1. The number of rotatable bonds is 8. The summed E-state index contributed by atoms with van der Waals surface area (Å²) < 4.78 is 11.7. The summed E-state index contributed by atoms with van der Waals surface area (Å²) in [5.41, 5.74) is 2.00. The van der Waals surface area contributed by atoms with Crippen molar-refractivity contribution in [3.8, 4) is 0 Å². The average Bonchev–Trinajstić information content (AvgIpc) is 3.06. The van der Waals surface area contributed by atoms with E-state index in [4.69, 9.17) is 9.47 Å². The lowest BCUT2D eigenvalue weighted by atomic mass is 10.2. The molecule has 0 spiro atoms. The summed E-state index contributed by atoms with van der Waals surface area (Å²) in [7, 11) is 3.44. The number of amidine groups is 1. The zero-order chi connectivity index (χ0) is 19.1. The van der Waals surface area contributed by atoms with Crippen molar-refractivity contribution in [3.63, 3.8) is 0 Å². The summed E-state index contributed by atoms with van der Waals surface area (Å²) in [5, 5.41) is 4.78. The molecule has 1 aliphatic rings. The Morgan fingerprint density at radius 2 is 2.19 bits per heavy atom. The number of aryl methyl sites for hydroxylation is 2. The predicted octanol–water partition coefficient (Wildman–Crippen LogP) is 1.60. The van der Waals surface area contributed by atoms with Gasteiger partial charge in [0, 0.05) is 39.1 Å². The Bertz CT molecular complexity index is 726. The molecule has 26 heavy (non-hydrogen) atoms. The molecule has 0 atom stereocenters. The van der Waals surface area contributed by atoms with Gasteiger partial charge in [-0.1, -0.05) is 11.8 Å². The third kappa shape index (κ3) is 5.18. The molecule has 0 fully saturated rings. The SMILES string of the molecule is CCOC(=O)CSC1=NC(=Cc2cn(C)nc2C)C(=O)N1CCCOC. The second kappa shape index (κ2) is 9.54. The van der Waals surface area contributed by atoms with Crippen molar-refractivity contribution in [2.45, 2.75) is 20.3 Å². The first-order valence-electron chi connectivity index (χ1n) is 8.36. The van der Waals surface area contributed by atoms with Gasteiger partial charge in [0.2, 0.25) is 0 Å². The van der Waals surface area contributed by atoms with Crippen LogP contribution >= 0.6 is 11.8 Å². The number of methoxy groups -OCH3 is 1. The van der Waals surface area contributed by atoms with Crippen molar-refractivity contribution >= 4 is 34.9 Å². The number of carbonyl (C=O) groups excluding carboxylic acids is 2. The smallest absolute Gasteiger partial charge is 0.316 e. The van der Waals surface area contributed by atoms with Gasteiger partial charge in [-0.15, -0.1) is 0 Å². The Labute approximate surface area is 157 Å². The van der Waals surface area contributed by atoms with Crippen molar-refractivity contribution < 1.29 is 19.1 Å². The minimum atomic E-state index is -0.329. The number of nitrogens with zero attached hydrogens (tertiary/aromatic N) is 4. The van der Waals surface area contributed by atoms with Crippen LogP contribution in [0.4, 0.5) is 0 Å². The van der Waals surface area contributed by atoms with Crippen LogP contribution in [0.2, 0.25) is 0 Å². The van der Waals surface area contributed by atoms with E-state index in [1.54, 1.807) is 29.7 Å². The molecule has 0 bridgehead atoms. The predicted molar refractivity (Wildman–Crippen MR) is 101 cm³/mol. The van der Waals surface area contributed by atoms with E-state index in [0.717, 1.165) is 11.3 Å². The summed E-state index contributed by atoms with van der Waals surface area (Å²) >= 11 is 1.20. The van der Waals surface area contributed by atoms with Gasteiger partial charge in [-0.25, -0.2) is 4.99 Å². The van der Waals surface area contributed by atoms with Crippen LogP contribution in [0.25, 0.3) is 6.08 Å². The van der Waals surface area contributed by atoms with Gasteiger partial charge in [0.1, 0.15) is 5.70 Å². The van der Waals surface area contributed by atoms with E-state index in [-0.39, 0.29) is 17.6 Å². The molecule has 1 aliphatic heterocycles. The van der Waals surface area contributed by atoms with Crippen LogP contribution in [-0.4, -0.2) is 64.3 Å². The van der Waals surface area contributed by atoms with Gasteiger partial charge in [0.15, 0.2) is 5.17 Å². The summed E-state index contributed by atoms with van der Waals surface area (Å²) in [6, 6.07) is 0. The average molecular weight is 380 g/mol. The number of aromatic nitrogens is 2. The molecule has 8 nitrogen and oxygen atoms in total. The number of hydrogen-bond donors (Lipinski definition) is 0. The summed E-state index contributed by atoms with van der Waals surface area (Å²) in [5.74, 6) is -0.402. The first-order chi connectivity index (χ1) is 12.5. The standard InChI is InChI=1S/C17H24N4O4S/c1-5-25-15(22)11-26-17-18-14(9-13-10-20(3)19-12(13)2)16(23)21(17)7-6-8-24-4/h9-10H,5-8,11H2,1-4H3. The summed E-state index contributed by atoms with van der Waals surface area (Å²) in [4.78, 5) is 30.4. The van der Waals surface area contributed by atoms with Crippen LogP contribution < -0.4 is 0 Å². The lowest BCUT2D eigenvalue weighted by molar-refractivity contribution is -0.139. The fraction of sp³-hybridized carbons (Fsp3) is 0.529. The molecule has 0 saturated carbocycles. The Morgan fingerprint density at radius 3 is 2.81 bits per heavy atom. The van der Waals surface area contributed by atoms with E-state index in [2.05, 4.69) is 10.1 Å². The zero-order valence-electron chi connectivity index (χ0n) is 15.5. The monoisotopic (exact) mass is 380 g/mol. The molecular weight excluding hydrogens is 356 g/mol. The van der Waals surface area contributed by atoms with Gasteiger partial charge in [-0.05, 0) is 26.3 Å². The van der Waals surface area contributed by atoms with Crippen LogP contribution in [-0.2, 0) is 26.1 Å². The minimum absolute atomic E-state index is 0.111. The van der Waals surface area contributed by atoms with Gasteiger partial charge in [-0.2, -0.15) is 5.10 Å². The molecule has 0 saturated heterocycles. The lowest BCUT2D eigenvalue weighted by Gasteiger charge is -2.17. The van der Waals surface area contributed by atoms with E-state index in [1.165, 1.54) is 11.8 Å². The molecule has 1 aromatic heterocycles. The molecule has 2 rings (SSSR count). The van der Waals surface area contributed by atoms with Crippen LogP contribution in [0, 0.1) is 6.92 Å². The number of amides is 1. The molecule has 9 heteroatoms. The molecule has 0 unspecified atom stereocenters. The van der Waals surface area contributed by atoms with Crippen molar-refractivity contribution in [3.05, 3.63) is 23.2 Å². The highest BCUT2D eigenvalue weighted by Crippen LogP contribution is 2.25. The molecular formula is C17H24N4O4S. The number of ether oxygens (including phenoxy) is 2. The second-order valence-corrected chi connectivity index (χ2v) is 6.61. The van der Waals surface area contributed by atoms with Crippen LogP contribution in [0.5, 0.6) is 0 Å². The minimum Gasteiger partial charge on any atom is -0.465 e. The Kier molecular flexibility index (Phi) is 7.40. The largest absolute Gasteiger partial charge is 0.465 e. The zero-order valence-corrected chi connectivity index (χ0v) is 16.3. The maximum absolute atomic E-state index is 12.7. The molecule has 0 aliphatic carbocycles. The first-order valence-corrected chi connectivity index (χ1v) is 9.34. The summed E-state index contributed by atoms with van der Waals surface area (Å²) in [6.45, 7) is 4.98. The fourth-order valence-corrected chi connectivity index (χ4v) is 3.26. The molecule has 1 aromatic rings. The Hall–Kier alpha value is -2.13. The molecule has 0 radical (unpaired) electrons. The first kappa shape index (κ1) is 20.2. The van der Waals surface area contributed by atoms with Crippen molar-refractivity contribution in [1.82, 2.24) is 14.7 Å². The van der Waals surface area contributed by atoms with Gasteiger partial charge in [0.25, 0.3) is 5.91 Å². The van der Waals surface area contributed by atoms with E-state index in [1.807, 2.05) is 20.2 Å². The molecule has 0 N–H and O–H groups in total. The van der Waals surface area contributed by atoms with Crippen molar-refractivity contribution in [1.29, 1.82) is 0 Å². The number of hydrogen-bond acceptors (Lipinski definition) is 7. The fourth-order valence-electron chi connectivity index (χ4n) is 2.44. The Morgan fingerprint density at radius 1 is 1.42 bits per heavy atom. The van der Waals surface area contributed by atoms with Crippen LogP contribution in [0.1, 0.15) is 24.6 Å². The molecule has 142 valence electrons. The highest BCUT2D eigenvalue weighted by molar-refractivity contribution is 8.14. The lowest BCUT2D eigenvalue weighted by Crippen LogP contribution is -2.32. The van der Waals surface area contributed by atoms with Gasteiger partial charge in [0.05, 0.1) is 18.1 Å². The maximum Gasteiger partial charge on any atom is 0.316 e. The quantitative estimate of drug-likeness (QED) is 0.387. The topological polar surface area (TPSA) is 86.0 Å². The van der Waals surface area contributed by atoms with Crippen LogP contribution in [0.3, 0.4) is 0 Å². The number of esters is 1. The third-order valence-corrected chi connectivity index (χ3v) is 4.56. The van der Waals surface area contributed by atoms with Gasteiger partial charge >= 0.3 is 5.97 Å². The maximum atomic E-state index is 12.7. The van der Waals surface area contributed by atoms with E-state index in [9.17, 15) is 9.59 Å². The van der Waals surface area contributed by atoms with Gasteiger partial charge < -0.3 is 9.47 Å². The van der Waals surface area contributed by atoms with Crippen molar-refractivity contribution in [2.75, 3.05) is 32.6 Å². The molecule has 0 aromatic carbocycles. The van der Waals surface area contributed by atoms with E-state index < -0.39 is 0 Å². The Balaban J connectivity index is 2.19. The number of carbonyl (C=O) groups is 2. The normalized spacial score (nSPS) is 15.7. The summed E-state index contributed by atoms with van der Waals surface area (Å²) in [6.07, 6.45) is 4.25. The molecule has 2 heterocycles. The molecule has 1 amide bonds. The van der Waals surface area contributed by atoms with E-state index >= 15 is 0 Å². The third-order valence-electron chi connectivity index (χ3n) is 3.61. The highest BCUT2D eigenvalue weighted by Gasteiger charge is 2.30.